The summed E-state index contributed by atoms with van der Waals surface area (Å²) in [5, 5.41) is 4.58. The van der Waals surface area contributed by atoms with Gasteiger partial charge in [-0.1, -0.05) is 23.7 Å². The SMILES string of the molecule is CC(C)n1nc(C(F)F)c2c(N)nc(-c3cccc(Cl)c3)nc21. The normalized spacial score (nSPS) is 11.8. The summed E-state index contributed by atoms with van der Waals surface area (Å²) >= 11 is 5.98. The maximum absolute atomic E-state index is 13.2. The number of nitrogen functional groups attached to an aromatic ring is 1. The third-order valence-corrected chi connectivity index (χ3v) is 3.62. The topological polar surface area (TPSA) is 69.6 Å². The van der Waals surface area contributed by atoms with Crippen LogP contribution in [0.3, 0.4) is 0 Å². The summed E-state index contributed by atoms with van der Waals surface area (Å²) in [4.78, 5) is 8.54. The largest absolute Gasteiger partial charge is 0.383 e. The van der Waals surface area contributed by atoms with Crippen LogP contribution in [0.1, 0.15) is 32.0 Å². The van der Waals surface area contributed by atoms with Gasteiger partial charge in [-0.05, 0) is 26.0 Å². The molecule has 5 nitrogen and oxygen atoms in total. The second-order valence-corrected chi connectivity index (χ2v) is 5.80. The summed E-state index contributed by atoms with van der Waals surface area (Å²) in [6, 6.07) is 6.79. The number of aromatic nitrogens is 4. The first-order valence-electron chi connectivity index (χ1n) is 6.98. The monoisotopic (exact) mass is 337 g/mol. The molecule has 0 aliphatic rings. The van der Waals surface area contributed by atoms with E-state index in [0.717, 1.165) is 0 Å². The highest BCUT2D eigenvalue weighted by Gasteiger charge is 2.24. The summed E-state index contributed by atoms with van der Waals surface area (Å²) in [7, 11) is 0. The van der Waals surface area contributed by atoms with Crippen molar-refractivity contribution in [1.82, 2.24) is 19.7 Å². The Morgan fingerprint density at radius 2 is 1.96 bits per heavy atom. The Morgan fingerprint density at radius 3 is 2.57 bits per heavy atom. The van der Waals surface area contributed by atoms with Gasteiger partial charge in [0, 0.05) is 16.6 Å². The number of fused-ring (bicyclic) bond motifs is 1. The third-order valence-electron chi connectivity index (χ3n) is 3.39. The van der Waals surface area contributed by atoms with Crippen molar-refractivity contribution in [1.29, 1.82) is 0 Å². The van der Waals surface area contributed by atoms with Crippen LogP contribution in [0.2, 0.25) is 5.02 Å². The second kappa shape index (κ2) is 5.73. The Labute approximate surface area is 136 Å². The van der Waals surface area contributed by atoms with Gasteiger partial charge in [0.05, 0.1) is 5.39 Å². The number of hydrogen-bond donors (Lipinski definition) is 1. The van der Waals surface area contributed by atoms with Gasteiger partial charge in [-0.3, -0.25) is 0 Å². The molecule has 2 heterocycles. The predicted octanol–water partition coefficient (Wildman–Crippen LogP) is 4.25. The lowest BCUT2D eigenvalue weighted by molar-refractivity contribution is 0.146. The molecule has 0 radical (unpaired) electrons. The highest BCUT2D eigenvalue weighted by Crippen LogP contribution is 2.32. The smallest absolute Gasteiger partial charge is 0.282 e. The first kappa shape index (κ1) is 15.6. The second-order valence-electron chi connectivity index (χ2n) is 5.37. The molecule has 2 aromatic heterocycles. The van der Waals surface area contributed by atoms with Crippen molar-refractivity contribution in [2.45, 2.75) is 26.3 Å². The molecule has 0 aliphatic carbocycles. The lowest BCUT2D eigenvalue weighted by Crippen LogP contribution is -2.05. The Hall–Kier alpha value is -2.28. The maximum Gasteiger partial charge on any atom is 0.282 e. The quantitative estimate of drug-likeness (QED) is 0.775. The molecular formula is C15H14ClF2N5. The average Bonchev–Trinajstić information content (AvgIpc) is 2.87. The van der Waals surface area contributed by atoms with Crippen molar-refractivity contribution in [3.8, 4) is 11.4 Å². The number of rotatable bonds is 3. The van der Waals surface area contributed by atoms with E-state index in [1.54, 1.807) is 24.3 Å². The summed E-state index contributed by atoms with van der Waals surface area (Å²) in [5.74, 6) is 0.298. The minimum absolute atomic E-state index is 0.0211. The predicted molar refractivity (Wildman–Crippen MR) is 85.5 cm³/mol. The average molecular weight is 338 g/mol. The molecule has 8 heteroatoms. The highest BCUT2D eigenvalue weighted by atomic mass is 35.5. The van der Waals surface area contributed by atoms with Crippen LogP contribution in [-0.4, -0.2) is 19.7 Å². The van der Waals surface area contributed by atoms with E-state index < -0.39 is 12.1 Å². The van der Waals surface area contributed by atoms with Crippen LogP contribution >= 0.6 is 11.6 Å². The van der Waals surface area contributed by atoms with E-state index in [-0.39, 0.29) is 22.9 Å². The molecule has 0 fully saturated rings. The van der Waals surface area contributed by atoms with Crippen LogP contribution < -0.4 is 5.73 Å². The fraction of sp³-hybridized carbons (Fsp3) is 0.267. The van der Waals surface area contributed by atoms with E-state index in [0.29, 0.717) is 16.4 Å². The van der Waals surface area contributed by atoms with E-state index in [9.17, 15) is 8.78 Å². The summed E-state index contributed by atoms with van der Waals surface area (Å²) in [6.07, 6.45) is -2.75. The molecule has 1 aromatic carbocycles. The van der Waals surface area contributed by atoms with Crippen molar-refractivity contribution in [2.75, 3.05) is 5.73 Å². The van der Waals surface area contributed by atoms with Crippen molar-refractivity contribution >= 4 is 28.5 Å². The van der Waals surface area contributed by atoms with Crippen molar-refractivity contribution in [3.63, 3.8) is 0 Å². The van der Waals surface area contributed by atoms with Crippen molar-refractivity contribution in [3.05, 3.63) is 35.0 Å². The van der Waals surface area contributed by atoms with E-state index in [4.69, 9.17) is 17.3 Å². The zero-order chi connectivity index (χ0) is 16.7. The van der Waals surface area contributed by atoms with E-state index in [1.807, 2.05) is 13.8 Å². The molecule has 0 amide bonds. The zero-order valence-corrected chi connectivity index (χ0v) is 13.2. The Morgan fingerprint density at radius 1 is 1.22 bits per heavy atom. The van der Waals surface area contributed by atoms with Crippen LogP contribution in [0.25, 0.3) is 22.4 Å². The van der Waals surface area contributed by atoms with Gasteiger partial charge in [-0.2, -0.15) is 5.10 Å². The van der Waals surface area contributed by atoms with Crippen LogP contribution in [0, 0.1) is 0 Å². The molecule has 120 valence electrons. The Balaban J connectivity index is 2.31. The lowest BCUT2D eigenvalue weighted by Gasteiger charge is -2.08. The number of alkyl halides is 2. The number of nitrogens with zero attached hydrogens (tertiary/aromatic N) is 4. The molecule has 0 atom stereocenters. The van der Waals surface area contributed by atoms with Crippen molar-refractivity contribution < 1.29 is 8.78 Å². The van der Waals surface area contributed by atoms with Crippen LogP contribution in [0.15, 0.2) is 24.3 Å². The third kappa shape index (κ3) is 2.72. The Kier molecular flexibility index (Phi) is 3.89. The van der Waals surface area contributed by atoms with Crippen LogP contribution in [-0.2, 0) is 0 Å². The first-order valence-corrected chi connectivity index (χ1v) is 7.36. The molecule has 3 aromatic rings. The summed E-state index contributed by atoms with van der Waals surface area (Å²) < 4.78 is 27.9. The number of hydrogen-bond acceptors (Lipinski definition) is 4. The van der Waals surface area contributed by atoms with Gasteiger partial charge in [-0.15, -0.1) is 0 Å². The molecule has 0 saturated heterocycles. The standard InChI is InChI=1S/C15H14ClF2N5/c1-7(2)23-15-10(11(22-23)12(17)18)13(19)20-14(21-15)8-4-3-5-9(16)6-8/h3-7,12H,1-2H3,(H2,19,20,21). The molecule has 2 N–H and O–H groups in total. The first-order chi connectivity index (χ1) is 10.9. The molecule has 0 spiro atoms. The molecule has 0 bridgehead atoms. The molecule has 0 aliphatic heterocycles. The fourth-order valence-electron chi connectivity index (χ4n) is 2.36. The number of nitrogens with two attached hydrogens (primary N) is 1. The summed E-state index contributed by atoms with van der Waals surface area (Å²) in [6.45, 7) is 3.66. The van der Waals surface area contributed by atoms with Crippen LogP contribution in [0.4, 0.5) is 14.6 Å². The number of benzene rings is 1. The fourth-order valence-corrected chi connectivity index (χ4v) is 2.55. The molecule has 0 saturated carbocycles. The molecular weight excluding hydrogens is 324 g/mol. The number of halogens is 3. The Bertz CT molecular complexity index is 876. The van der Waals surface area contributed by atoms with Gasteiger partial charge >= 0.3 is 0 Å². The van der Waals surface area contributed by atoms with E-state index in [1.165, 1.54) is 4.68 Å². The van der Waals surface area contributed by atoms with Gasteiger partial charge in [0.25, 0.3) is 6.43 Å². The lowest BCUT2D eigenvalue weighted by atomic mass is 10.2. The molecule has 0 unspecified atom stereocenters. The van der Waals surface area contributed by atoms with Crippen molar-refractivity contribution in [2.24, 2.45) is 0 Å². The highest BCUT2D eigenvalue weighted by molar-refractivity contribution is 6.30. The van der Waals surface area contributed by atoms with Gasteiger partial charge < -0.3 is 5.73 Å². The molecule has 23 heavy (non-hydrogen) atoms. The number of anilines is 1. The van der Waals surface area contributed by atoms with Gasteiger partial charge in [-0.25, -0.2) is 23.4 Å². The zero-order valence-electron chi connectivity index (χ0n) is 12.5. The summed E-state index contributed by atoms with van der Waals surface area (Å²) in [5.41, 5.74) is 6.46. The van der Waals surface area contributed by atoms with E-state index in [2.05, 4.69) is 15.1 Å². The minimum Gasteiger partial charge on any atom is -0.383 e. The van der Waals surface area contributed by atoms with Gasteiger partial charge in [0.2, 0.25) is 0 Å². The maximum atomic E-state index is 13.2. The van der Waals surface area contributed by atoms with Crippen LogP contribution in [0.5, 0.6) is 0 Å². The molecule has 3 rings (SSSR count). The van der Waals surface area contributed by atoms with E-state index >= 15 is 0 Å². The van der Waals surface area contributed by atoms with Gasteiger partial charge in [0.1, 0.15) is 11.5 Å². The minimum atomic E-state index is -2.75. The van der Waals surface area contributed by atoms with Gasteiger partial charge in [0.15, 0.2) is 11.5 Å².